The largest absolute Gasteiger partial charge is 0.506 e. The van der Waals surface area contributed by atoms with Crippen LogP contribution in [0.1, 0.15) is 11.1 Å². The predicted octanol–water partition coefficient (Wildman–Crippen LogP) is 5.12. The van der Waals surface area contributed by atoms with E-state index in [4.69, 9.17) is 0 Å². The van der Waals surface area contributed by atoms with Crippen LogP contribution in [-0.2, 0) is 11.2 Å². The van der Waals surface area contributed by atoms with E-state index in [1.54, 1.807) is 48.6 Å². The van der Waals surface area contributed by atoms with Crippen LogP contribution in [-0.4, -0.2) is 16.3 Å². The van der Waals surface area contributed by atoms with Crippen LogP contribution in [0.25, 0.3) is 6.08 Å². The SMILES string of the molecule is C=CCc1cc(/C=C2\SC(=O)N(c3ccccc3)C2=O)cc(Br)c1O. The van der Waals surface area contributed by atoms with Crippen LogP contribution in [0.4, 0.5) is 10.5 Å². The van der Waals surface area contributed by atoms with E-state index in [-0.39, 0.29) is 16.9 Å². The minimum Gasteiger partial charge on any atom is -0.506 e. The lowest BCUT2D eigenvalue weighted by Gasteiger charge is -2.11. The Bertz CT molecular complexity index is 893. The van der Waals surface area contributed by atoms with Crippen molar-refractivity contribution in [3.63, 3.8) is 0 Å². The molecular weight excluding hydrogens is 402 g/mol. The molecule has 4 nitrogen and oxygen atoms in total. The van der Waals surface area contributed by atoms with Gasteiger partial charge in [0, 0.05) is 0 Å². The number of benzene rings is 2. The Morgan fingerprint density at radius 3 is 2.60 bits per heavy atom. The number of aromatic hydroxyl groups is 1. The Hall–Kier alpha value is -2.31. The second-order valence-electron chi connectivity index (χ2n) is 5.36. The molecule has 25 heavy (non-hydrogen) atoms. The van der Waals surface area contributed by atoms with Gasteiger partial charge < -0.3 is 5.11 Å². The summed E-state index contributed by atoms with van der Waals surface area (Å²) in [7, 11) is 0. The minimum absolute atomic E-state index is 0.148. The van der Waals surface area contributed by atoms with Gasteiger partial charge in [-0.2, -0.15) is 0 Å². The third-order valence-electron chi connectivity index (χ3n) is 3.63. The molecule has 0 spiro atoms. The zero-order valence-electron chi connectivity index (χ0n) is 13.1. The number of nitrogens with zero attached hydrogens (tertiary/aromatic N) is 1. The Morgan fingerprint density at radius 1 is 1.20 bits per heavy atom. The average molecular weight is 416 g/mol. The van der Waals surface area contributed by atoms with Crippen molar-refractivity contribution in [2.45, 2.75) is 6.42 Å². The average Bonchev–Trinajstić information content (AvgIpc) is 2.87. The van der Waals surface area contributed by atoms with Crippen LogP contribution in [0, 0.1) is 0 Å². The number of hydrogen-bond donors (Lipinski definition) is 1. The van der Waals surface area contributed by atoms with Gasteiger partial charge in [-0.05, 0) is 75.6 Å². The third kappa shape index (κ3) is 3.55. The summed E-state index contributed by atoms with van der Waals surface area (Å²) < 4.78 is 0.528. The van der Waals surface area contributed by atoms with Crippen LogP contribution in [0.2, 0.25) is 0 Å². The number of anilines is 1. The molecule has 1 N–H and O–H groups in total. The second-order valence-corrected chi connectivity index (χ2v) is 7.20. The maximum Gasteiger partial charge on any atom is 0.298 e. The van der Waals surface area contributed by atoms with Crippen LogP contribution in [0.5, 0.6) is 5.75 Å². The van der Waals surface area contributed by atoms with E-state index in [1.807, 2.05) is 6.07 Å². The van der Waals surface area contributed by atoms with Crippen molar-refractivity contribution in [2.75, 3.05) is 4.90 Å². The van der Waals surface area contributed by atoms with Gasteiger partial charge in [-0.25, -0.2) is 4.90 Å². The number of amides is 2. The molecule has 0 atom stereocenters. The standard InChI is InChI=1S/C19H14BrNO3S/c1-2-6-13-9-12(10-15(20)17(13)22)11-16-18(23)21(19(24)25-16)14-7-4-3-5-8-14/h2-5,7-11,22H,1,6H2/b16-11-. The fraction of sp³-hybridized carbons (Fsp3) is 0.0526. The fourth-order valence-corrected chi connectivity index (χ4v) is 3.85. The van der Waals surface area contributed by atoms with E-state index in [9.17, 15) is 14.7 Å². The van der Waals surface area contributed by atoms with Crippen LogP contribution in [0.15, 0.2) is 64.5 Å². The molecule has 0 aliphatic carbocycles. The van der Waals surface area contributed by atoms with Gasteiger partial charge in [-0.3, -0.25) is 9.59 Å². The van der Waals surface area contributed by atoms with Gasteiger partial charge in [-0.15, -0.1) is 6.58 Å². The lowest BCUT2D eigenvalue weighted by molar-refractivity contribution is -0.113. The summed E-state index contributed by atoms with van der Waals surface area (Å²) in [4.78, 5) is 26.4. The highest BCUT2D eigenvalue weighted by molar-refractivity contribution is 9.10. The second kappa shape index (κ2) is 7.29. The maximum absolute atomic E-state index is 12.6. The summed E-state index contributed by atoms with van der Waals surface area (Å²) in [5.41, 5.74) is 1.96. The lowest BCUT2D eigenvalue weighted by atomic mass is 10.1. The predicted molar refractivity (Wildman–Crippen MR) is 105 cm³/mol. The summed E-state index contributed by atoms with van der Waals surface area (Å²) in [6.07, 6.45) is 3.84. The molecule has 1 saturated heterocycles. The number of phenols is 1. The molecule has 1 aliphatic heterocycles. The zero-order chi connectivity index (χ0) is 18.0. The molecule has 2 amide bonds. The van der Waals surface area contributed by atoms with Gasteiger partial charge in [0.25, 0.3) is 11.1 Å². The van der Waals surface area contributed by atoms with Crippen LogP contribution in [0.3, 0.4) is 0 Å². The first-order valence-electron chi connectivity index (χ1n) is 7.46. The molecule has 0 saturated carbocycles. The van der Waals surface area contributed by atoms with Gasteiger partial charge in [0.2, 0.25) is 0 Å². The molecule has 6 heteroatoms. The number of carbonyl (C=O) groups is 2. The maximum atomic E-state index is 12.6. The summed E-state index contributed by atoms with van der Waals surface area (Å²) >= 11 is 4.21. The molecule has 0 unspecified atom stereocenters. The number of phenolic OH excluding ortho intramolecular Hbond substituents is 1. The van der Waals surface area contributed by atoms with Gasteiger partial charge >= 0.3 is 0 Å². The molecule has 1 fully saturated rings. The smallest absolute Gasteiger partial charge is 0.298 e. The first-order valence-corrected chi connectivity index (χ1v) is 9.07. The number of halogens is 1. The normalized spacial score (nSPS) is 15.9. The molecule has 2 aromatic rings. The highest BCUT2D eigenvalue weighted by Crippen LogP contribution is 2.37. The molecule has 0 aromatic heterocycles. The van der Waals surface area contributed by atoms with E-state index in [2.05, 4.69) is 22.5 Å². The van der Waals surface area contributed by atoms with E-state index in [0.29, 0.717) is 27.0 Å². The van der Waals surface area contributed by atoms with E-state index in [0.717, 1.165) is 22.2 Å². The topological polar surface area (TPSA) is 57.6 Å². The number of imide groups is 1. The Morgan fingerprint density at radius 2 is 1.92 bits per heavy atom. The lowest BCUT2D eigenvalue weighted by Crippen LogP contribution is -2.27. The molecule has 1 aliphatic rings. The molecule has 0 radical (unpaired) electrons. The van der Waals surface area contributed by atoms with Gasteiger partial charge in [0.05, 0.1) is 15.1 Å². The number of hydrogen-bond acceptors (Lipinski definition) is 4. The number of rotatable bonds is 4. The van der Waals surface area contributed by atoms with Crippen molar-refractivity contribution in [3.8, 4) is 5.75 Å². The quantitative estimate of drug-likeness (QED) is 0.555. The Kier molecular flexibility index (Phi) is 5.11. The molecular formula is C19H14BrNO3S. The fourth-order valence-electron chi connectivity index (χ4n) is 2.49. The minimum atomic E-state index is -0.351. The van der Waals surface area contributed by atoms with Crippen LogP contribution >= 0.6 is 27.7 Å². The monoisotopic (exact) mass is 415 g/mol. The van der Waals surface area contributed by atoms with Crippen molar-refractivity contribution < 1.29 is 14.7 Å². The van der Waals surface area contributed by atoms with E-state index in [1.165, 1.54) is 0 Å². The Balaban J connectivity index is 1.96. The number of allylic oxidation sites excluding steroid dienone is 1. The molecule has 0 bridgehead atoms. The van der Waals surface area contributed by atoms with Crippen molar-refractivity contribution in [1.82, 2.24) is 0 Å². The van der Waals surface area contributed by atoms with Crippen molar-refractivity contribution in [1.29, 1.82) is 0 Å². The first kappa shape index (κ1) is 17.5. The molecule has 126 valence electrons. The first-order chi connectivity index (χ1) is 12.0. The number of thioether (sulfide) groups is 1. The Labute approximate surface area is 158 Å². The van der Waals surface area contributed by atoms with Crippen LogP contribution < -0.4 is 4.90 Å². The molecule has 2 aromatic carbocycles. The highest BCUT2D eigenvalue weighted by atomic mass is 79.9. The highest BCUT2D eigenvalue weighted by Gasteiger charge is 2.36. The third-order valence-corrected chi connectivity index (χ3v) is 5.11. The summed E-state index contributed by atoms with van der Waals surface area (Å²) in [6, 6.07) is 12.3. The summed E-state index contributed by atoms with van der Waals surface area (Å²) in [6.45, 7) is 3.67. The van der Waals surface area contributed by atoms with Crippen molar-refractivity contribution in [3.05, 3.63) is 75.6 Å². The zero-order valence-corrected chi connectivity index (χ0v) is 15.5. The number of carbonyl (C=O) groups excluding carboxylic acids is 2. The van der Waals surface area contributed by atoms with Gasteiger partial charge in [0.15, 0.2) is 0 Å². The summed E-state index contributed by atoms with van der Waals surface area (Å²) in [5, 5.41) is 9.72. The molecule has 3 rings (SSSR count). The van der Waals surface area contributed by atoms with Gasteiger partial charge in [0.1, 0.15) is 5.75 Å². The molecule has 1 heterocycles. The van der Waals surface area contributed by atoms with Gasteiger partial charge in [-0.1, -0.05) is 24.3 Å². The number of para-hydroxylation sites is 1. The van der Waals surface area contributed by atoms with E-state index < -0.39 is 0 Å². The van der Waals surface area contributed by atoms with Crippen molar-refractivity contribution >= 4 is 50.6 Å². The van der Waals surface area contributed by atoms with Crippen molar-refractivity contribution in [2.24, 2.45) is 0 Å². The van der Waals surface area contributed by atoms with E-state index >= 15 is 0 Å². The summed E-state index contributed by atoms with van der Waals surface area (Å²) in [5.74, 6) is -0.204.